The van der Waals surface area contributed by atoms with Gasteiger partial charge in [-0.05, 0) is 30.2 Å². The van der Waals surface area contributed by atoms with Gasteiger partial charge in [0, 0.05) is 12.4 Å². The molecule has 0 fully saturated rings. The van der Waals surface area contributed by atoms with Crippen LogP contribution >= 0.6 is 0 Å². The zero-order valence-corrected chi connectivity index (χ0v) is 10.5. The van der Waals surface area contributed by atoms with E-state index in [0.29, 0.717) is 0 Å². The molecule has 0 aromatic carbocycles. The highest BCUT2D eigenvalue weighted by Crippen LogP contribution is 2.10. The minimum absolute atomic E-state index is 1.07. The van der Waals surface area contributed by atoms with Crippen LogP contribution in [-0.2, 0) is 6.42 Å². The molecule has 0 bridgehead atoms. The predicted octanol–water partition coefficient (Wildman–Crippen LogP) is 3.95. The van der Waals surface area contributed by atoms with E-state index in [1.54, 1.807) is 6.20 Å². The van der Waals surface area contributed by atoms with Gasteiger partial charge in [-0.2, -0.15) is 5.10 Å². The Bertz CT molecular complexity index is 363. The molecule has 0 spiro atoms. The van der Waals surface area contributed by atoms with E-state index in [2.05, 4.69) is 24.2 Å². The fraction of sp³-hybridized carbons (Fsp3) is 0.462. The SMILES string of the molecule is CC.CC.CCc1ccn2ncccc12. The first kappa shape index (κ1) is 13.7. The predicted molar refractivity (Wildman–Crippen MR) is 67.3 cm³/mol. The molecule has 2 heterocycles. The van der Waals surface area contributed by atoms with Crippen molar-refractivity contribution in [3.63, 3.8) is 0 Å². The Morgan fingerprint density at radius 1 is 1.13 bits per heavy atom. The molecule has 2 heteroatoms. The quantitative estimate of drug-likeness (QED) is 0.690. The summed E-state index contributed by atoms with van der Waals surface area (Å²) >= 11 is 0. The Hall–Kier alpha value is -1.31. The van der Waals surface area contributed by atoms with Crippen molar-refractivity contribution in [2.45, 2.75) is 41.0 Å². The first-order valence-corrected chi connectivity index (χ1v) is 5.83. The van der Waals surface area contributed by atoms with Gasteiger partial charge in [-0.25, -0.2) is 4.52 Å². The Balaban J connectivity index is 0.000000442. The standard InChI is InChI=1S/C9H10N2.2C2H6/c1-2-8-5-7-11-9(8)4-3-6-10-11;2*1-2/h3-7H,2H2,1H3;2*1-2H3. The maximum Gasteiger partial charge on any atom is 0.0678 e. The van der Waals surface area contributed by atoms with Gasteiger partial charge in [0.25, 0.3) is 0 Å². The molecule has 2 aromatic heterocycles. The van der Waals surface area contributed by atoms with Crippen molar-refractivity contribution >= 4 is 5.52 Å². The molecule has 0 N–H and O–H groups in total. The van der Waals surface area contributed by atoms with Gasteiger partial charge in [0.2, 0.25) is 0 Å². The molecule has 0 atom stereocenters. The number of aromatic nitrogens is 2. The lowest BCUT2D eigenvalue weighted by Gasteiger charge is -1.93. The van der Waals surface area contributed by atoms with Crippen LogP contribution in [-0.4, -0.2) is 9.61 Å². The summed E-state index contributed by atoms with van der Waals surface area (Å²) in [5.74, 6) is 0. The van der Waals surface area contributed by atoms with Gasteiger partial charge in [-0.15, -0.1) is 0 Å². The molecule has 0 unspecified atom stereocenters. The molecule has 84 valence electrons. The fourth-order valence-electron chi connectivity index (χ4n) is 1.30. The van der Waals surface area contributed by atoms with E-state index in [-0.39, 0.29) is 0 Å². The molecular formula is C13H22N2. The van der Waals surface area contributed by atoms with Crippen LogP contribution in [0.4, 0.5) is 0 Å². The third-order valence-electron chi connectivity index (χ3n) is 1.90. The molecule has 0 amide bonds. The number of aryl methyl sites for hydroxylation is 1. The summed E-state index contributed by atoms with van der Waals surface area (Å²) in [4.78, 5) is 0. The number of hydrogen-bond donors (Lipinski definition) is 0. The first-order chi connectivity index (χ1) is 7.42. The van der Waals surface area contributed by atoms with Crippen molar-refractivity contribution in [1.82, 2.24) is 9.61 Å². The highest BCUT2D eigenvalue weighted by Gasteiger charge is 1.97. The average Bonchev–Trinajstić information content (AvgIpc) is 2.77. The molecule has 0 saturated heterocycles. The number of hydrogen-bond acceptors (Lipinski definition) is 1. The van der Waals surface area contributed by atoms with Crippen LogP contribution in [0.1, 0.15) is 40.2 Å². The van der Waals surface area contributed by atoms with Crippen molar-refractivity contribution in [3.05, 3.63) is 36.2 Å². The van der Waals surface area contributed by atoms with E-state index >= 15 is 0 Å². The first-order valence-electron chi connectivity index (χ1n) is 5.83. The topological polar surface area (TPSA) is 17.3 Å². The molecule has 2 aromatic rings. The van der Waals surface area contributed by atoms with E-state index in [4.69, 9.17) is 0 Å². The molecule has 0 radical (unpaired) electrons. The summed E-state index contributed by atoms with van der Waals surface area (Å²) in [6.45, 7) is 10.2. The summed E-state index contributed by atoms with van der Waals surface area (Å²) in [6, 6.07) is 6.17. The number of nitrogens with zero attached hydrogens (tertiary/aromatic N) is 2. The van der Waals surface area contributed by atoms with E-state index in [1.165, 1.54) is 11.1 Å². The molecule has 2 nitrogen and oxygen atoms in total. The molecule has 0 aliphatic heterocycles. The van der Waals surface area contributed by atoms with Crippen LogP contribution in [0.2, 0.25) is 0 Å². The highest BCUT2D eigenvalue weighted by molar-refractivity contribution is 5.54. The molecule has 0 aliphatic rings. The van der Waals surface area contributed by atoms with Crippen LogP contribution in [0.3, 0.4) is 0 Å². The molecule has 2 rings (SSSR count). The van der Waals surface area contributed by atoms with Gasteiger partial charge in [0.1, 0.15) is 0 Å². The summed E-state index contributed by atoms with van der Waals surface area (Å²) in [5.41, 5.74) is 2.58. The van der Waals surface area contributed by atoms with Gasteiger partial charge in [-0.3, -0.25) is 0 Å². The summed E-state index contributed by atoms with van der Waals surface area (Å²) in [5, 5.41) is 4.17. The van der Waals surface area contributed by atoms with Crippen LogP contribution in [0.25, 0.3) is 5.52 Å². The monoisotopic (exact) mass is 206 g/mol. The summed E-state index contributed by atoms with van der Waals surface area (Å²) in [7, 11) is 0. The second-order valence-electron chi connectivity index (χ2n) is 2.55. The lowest BCUT2D eigenvalue weighted by molar-refractivity contribution is 0.938. The Morgan fingerprint density at radius 3 is 2.40 bits per heavy atom. The number of rotatable bonds is 1. The van der Waals surface area contributed by atoms with Crippen molar-refractivity contribution < 1.29 is 0 Å². The normalized spacial score (nSPS) is 8.60. The zero-order chi connectivity index (χ0) is 11.7. The van der Waals surface area contributed by atoms with Gasteiger partial charge < -0.3 is 0 Å². The average molecular weight is 206 g/mol. The number of fused-ring (bicyclic) bond motifs is 1. The van der Waals surface area contributed by atoms with E-state index in [9.17, 15) is 0 Å². The second-order valence-corrected chi connectivity index (χ2v) is 2.55. The Morgan fingerprint density at radius 2 is 1.80 bits per heavy atom. The molecule has 0 aliphatic carbocycles. The Kier molecular flexibility index (Phi) is 7.33. The van der Waals surface area contributed by atoms with Gasteiger partial charge in [-0.1, -0.05) is 34.6 Å². The van der Waals surface area contributed by atoms with Crippen LogP contribution in [0.5, 0.6) is 0 Å². The fourth-order valence-corrected chi connectivity index (χ4v) is 1.30. The lowest BCUT2D eigenvalue weighted by atomic mass is 10.2. The van der Waals surface area contributed by atoms with Crippen LogP contribution in [0, 0.1) is 0 Å². The minimum Gasteiger partial charge on any atom is -0.241 e. The Labute approximate surface area is 92.9 Å². The smallest absolute Gasteiger partial charge is 0.0678 e. The maximum atomic E-state index is 4.17. The third-order valence-corrected chi connectivity index (χ3v) is 1.90. The summed E-state index contributed by atoms with van der Waals surface area (Å²) < 4.78 is 1.90. The molecular weight excluding hydrogens is 184 g/mol. The second kappa shape index (κ2) is 8.04. The largest absolute Gasteiger partial charge is 0.241 e. The summed E-state index contributed by atoms with van der Waals surface area (Å²) in [6.07, 6.45) is 4.86. The highest BCUT2D eigenvalue weighted by atomic mass is 15.2. The minimum atomic E-state index is 1.07. The van der Waals surface area contributed by atoms with Gasteiger partial charge >= 0.3 is 0 Å². The van der Waals surface area contributed by atoms with Gasteiger partial charge in [0.05, 0.1) is 5.52 Å². The van der Waals surface area contributed by atoms with E-state index in [1.807, 2.05) is 44.5 Å². The zero-order valence-electron chi connectivity index (χ0n) is 10.5. The van der Waals surface area contributed by atoms with Crippen LogP contribution < -0.4 is 0 Å². The maximum absolute atomic E-state index is 4.17. The lowest BCUT2D eigenvalue weighted by Crippen LogP contribution is -1.87. The van der Waals surface area contributed by atoms with Crippen molar-refractivity contribution in [2.24, 2.45) is 0 Å². The van der Waals surface area contributed by atoms with Crippen molar-refractivity contribution in [2.75, 3.05) is 0 Å². The van der Waals surface area contributed by atoms with E-state index in [0.717, 1.165) is 6.42 Å². The third kappa shape index (κ3) is 3.39. The van der Waals surface area contributed by atoms with Crippen molar-refractivity contribution in [1.29, 1.82) is 0 Å². The van der Waals surface area contributed by atoms with Crippen molar-refractivity contribution in [3.8, 4) is 0 Å². The van der Waals surface area contributed by atoms with E-state index < -0.39 is 0 Å². The van der Waals surface area contributed by atoms with Gasteiger partial charge in [0.15, 0.2) is 0 Å². The molecule has 15 heavy (non-hydrogen) atoms. The molecule has 0 saturated carbocycles. The van der Waals surface area contributed by atoms with Crippen LogP contribution in [0.15, 0.2) is 30.6 Å².